The third kappa shape index (κ3) is 5.53. The predicted octanol–water partition coefficient (Wildman–Crippen LogP) is 4.02. The summed E-state index contributed by atoms with van der Waals surface area (Å²) in [5, 5.41) is 9.40. The topological polar surface area (TPSA) is 58.2 Å². The van der Waals surface area contributed by atoms with E-state index in [9.17, 15) is 9.59 Å². The van der Waals surface area contributed by atoms with E-state index in [0.29, 0.717) is 30.9 Å². The first-order valence-corrected chi connectivity index (χ1v) is 8.70. The summed E-state index contributed by atoms with van der Waals surface area (Å²) in [5.74, 6) is 0.311. The minimum atomic E-state index is -0.0868. The molecule has 1 aromatic heterocycles. The van der Waals surface area contributed by atoms with Gasteiger partial charge in [0, 0.05) is 29.6 Å². The molecular formula is C18H22N2O2S. The van der Waals surface area contributed by atoms with Crippen LogP contribution in [-0.2, 0) is 4.79 Å². The number of anilines is 1. The Labute approximate surface area is 140 Å². The van der Waals surface area contributed by atoms with Gasteiger partial charge in [-0.15, -0.1) is 0 Å². The zero-order valence-corrected chi connectivity index (χ0v) is 14.3. The molecule has 0 atom stereocenters. The lowest BCUT2D eigenvalue weighted by molar-refractivity contribution is -0.116. The highest BCUT2D eigenvalue weighted by Gasteiger charge is 2.07. The van der Waals surface area contributed by atoms with E-state index in [2.05, 4.69) is 30.5 Å². The molecule has 0 fully saturated rings. The van der Waals surface area contributed by atoms with Crippen LogP contribution < -0.4 is 10.6 Å². The van der Waals surface area contributed by atoms with Crippen molar-refractivity contribution in [2.75, 3.05) is 11.9 Å². The highest BCUT2D eigenvalue weighted by Crippen LogP contribution is 2.18. The number of thiophene rings is 1. The second-order valence-electron chi connectivity index (χ2n) is 5.70. The average Bonchev–Trinajstić information content (AvgIpc) is 3.06. The smallest absolute Gasteiger partial charge is 0.252 e. The second-order valence-corrected chi connectivity index (χ2v) is 6.48. The molecule has 0 saturated carbocycles. The maximum atomic E-state index is 11.9. The van der Waals surface area contributed by atoms with Crippen molar-refractivity contribution in [1.29, 1.82) is 0 Å². The molecular weight excluding hydrogens is 308 g/mol. The number of hydrogen-bond acceptors (Lipinski definition) is 3. The van der Waals surface area contributed by atoms with Gasteiger partial charge in [0.15, 0.2) is 0 Å². The lowest BCUT2D eigenvalue weighted by atomic mass is 10.0. The van der Waals surface area contributed by atoms with Crippen LogP contribution in [0.25, 0.3) is 0 Å². The summed E-state index contributed by atoms with van der Waals surface area (Å²) in [4.78, 5) is 23.7. The van der Waals surface area contributed by atoms with Gasteiger partial charge in [-0.2, -0.15) is 11.3 Å². The molecule has 23 heavy (non-hydrogen) atoms. The summed E-state index contributed by atoms with van der Waals surface area (Å²) in [6.07, 6.45) is 1.00. The van der Waals surface area contributed by atoms with Crippen molar-refractivity contribution < 1.29 is 9.59 Å². The maximum Gasteiger partial charge on any atom is 0.252 e. The molecule has 2 N–H and O–H groups in total. The van der Waals surface area contributed by atoms with Crippen molar-refractivity contribution in [2.24, 2.45) is 0 Å². The number of carbonyl (C=O) groups is 2. The van der Waals surface area contributed by atoms with Gasteiger partial charge in [0.2, 0.25) is 5.91 Å². The Hall–Kier alpha value is -2.14. The first-order chi connectivity index (χ1) is 11.1. The SMILES string of the molecule is CC(C)c1cccc(NC(=O)CCCNC(=O)c2ccsc2)c1. The van der Waals surface area contributed by atoms with Crippen LogP contribution in [0.2, 0.25) is 0 Å². The van der Waals surface area contributed by atoms with Crippen LogP contribution >= 0.6 is 11.3 Å². The molecule has 0 bridgehead atoms. The van der Waals surface area contributed by atoms with Gasteiger partial charge in [-0.3, -0.25) is 9.59 Å². The first kappa shape index (κ1) is 17.2. The number of benzene rings is 1. The molecule has 0 saturated heterocycles. The van der Waals surface area contributed by atoms with Crippen molar-refractivity contribution in [2.45, 2.75) is 32.6 Å². The minimum absolute atomic E-state index is 0.0318. The molecule has 0 spiro atoms. The van der Waals surface area contributed by atoms with Gasteiger partial charge in [0.05, 0.1) is 0 Å². The Kier molecular flexibility index (Phi) is 6.35. The van der Waals surface area contributed by atoms with E-state index in [1.807, 2.05) is 29.0 Å². The molecule has 1 heterocycles. The van der Waals surface area contributed by atoms with Gasteiger partial charge in [-0.05, 0) is 41.5 Å². The Morgan fingerprint density at radius 1 is 1.22 bits per heavy atom. The summed E-state index contributed by atoms with van der Waals surface area (Å²) in [6, 6.07) is 9.68. The van der Waals surface area contributed by atoms with Gasteiger partial charge in [0.25, 0.3) is 5.91 Å². The van der Waals surface area contributed by atoms with Crippen LogP contribution in [0.3, 0.4) is 0 Å². The number of carbonyl (C=O) groups excluding carboxylic acids is 2. The van der Waals surface area contributed by atoms with Crippen molar-refractivity contribution >= 4 is 28.8 Å². The van der Waals surface area contributed by atoms with Crippen LogP contribution in [0.5, 0.6) is 0 Å². The van der Waals surface area contributed by atoms with Gasteiger partial charge >= 0.3 is 0 Å². The highest BCUT2D eigenvalue weighted by molar-refractivity contribution is 7.08. The zero-order valence-electron chi connectivity index (χ0n) is 13.5. The Morgan fingerprint density at radius 2 is 2.04 bits per heavy atom. The highest BCUT2D eigenvalue weighted by atomic mass is 32.1. The van der Waals surface area contributed by atoms with Crippen LogP contribution in [0.4, 0.5) is 5.69 Å². The largest absolute Gasteiger partial charge is 0.352 e. The lowest BCUT2D eigenvalue weighted by Crippen LogP contribution is -2.25. The predicted molar refractivity (Wildman–Crippen MR) is 95.0 cm³/mol. The molecule has 2 rings (SSSR count). The third-order valence-corrected chi connectivity index (χ3v) is 4.17. The summed E-state index contributed by atoms with van der Waals surface area (Å²) >= 11 is 1.49. The normalized spacial score (nSPS) is 10.6. The molecule has 0 aliphatic rings. The summed E-state index contributed by atoms with van der Waals surface area (Å²) < 4.78 is 0. The first-order valence-electron chi connectivity index (χ1n) is 7.76. The average molecular weight is 330 g/mol. The van der Waals surface area contributed by atoms with Crippen LogP contribution in [0, 0.1) is 0 Å². The fourth-order valence-electron chi connectivity index (χ4n) is 2.15. The molecule has 0 unspecified atom stereocenters. The number of amides is 2. The molecule has 0 aliphatic carbocycles. The molecule has 0 aliphatic heterocycles. The van der Waals surface area contributed by atoms with Crippen LogP contribution in [0.1, 0.15) is 48.5 Å². The maximum absolute atomic E-state index is 11.9. The monoisotopic (exact) mass is 330 g/mol. The van der Waals surface area contributed by atoms with E-state index in [1.54, 1.807) is 6.07 Å². The molecule has 0 radical (unpaired) electrons. The van der Waals surface area contributed by atoms with Crippen LogP contribution in [0.15, 0.2) is 41.1 Å². The number of rotatable bonds is 7. The van der Waals surface area contributed by atoms with Gasteiger partial charge in [0.1, 0.15) is 0 Å². The summed E-state index contributed by atoms with van der Waals surface area (Å²) in [6.45, 7) is 4.74. The Bertz CT molecular complexity index is 651. The van der Waals surface area contributed by atoms with E-state index in [4.69, 9.17) is 0 Å². The number of nitrogens with one attached hydrogen (secondary N) is 2. The zero-order chi connectivity index (χ0) is 16.7. The van der Waals surface area contributed by atoms with Crippen molar-refractivity contribution in [1.82, 2.24) is 5.32 Å². The summed E-state index contributed by atoms with van der Waals surface area (Å²) in [7, 11) is 0. The minimum Gasteiger partial charge on any atom is -0.352 e. The van der Waals surface area contributed by atoms with Crippen molar-refractivity contribution in [3.63, 3.8) is 0 Å². The fraction of sp³-hybridized carbons (Fsp3) is 0.333. The summed E-state index contributed by atoms with van der Waals surface area (Å²) in [5.41, 5.74) is 2.69. The fourth-order valence-corrected chi connectivity index (χ4v) is 2.78. The van der Waals surface area contributed by atoms with Gasteiger partial charge in [-0.1, -0.05) is 26.0 Å². The lowest BCUT2D eigenvalue weighted by Gasteiger charge is -2.09. The van der Waals surface area contributed by atoms with E-state index in [-0.39, 0.29) is 11.8 Å². The quantitative estimate of drug-likeness (QED) is 0.753. The molecule has 2 amide bonds. The molecule has 1 aromatic carbocycles. The van der Waals surface area contributed by atoms with E-state index < -0.39 is 0 Å². The van der Waals surface area contributed by atoms with E-state index in [0.717, 1.165) is 5.69 Å². The van der Waals surface area contributed by atoms with Gasteiger partial charge in [-0.25, -0.2) is 0 Å². The van der Waals surface area contributed by atoms with E-state index >= 15 is 0 Å². The molecule has 122 valence electrons. The molecule has 5 heteroatoms. The Balaban J connectivity index is 1.71. The van der Waals surface area contributed by atoms with Crippen molar-refractivity contribution in [3.05, 3.63) is 52.2 Å². The van der Waals surface area contributed by atoms with Crippen LogP contribution in [-0.4, -0.2) is 18.4 Å². The second kappa shape index (κ2) is 8.48. The molecule has 2 aromatic rings. The van der Waals surface area contributed by atoms with Crippen molar-refractivity contribution in [3.8, 4) is 0 Å². The van der Waals surface area contributed by atoms with E-state index in [1.165, 1.54) is 16.9 Å². The third-order valence-electron chi connectivity index (χ3n) is 3.49. The number of hydrogen-bond donors (Lipinski definition) is 2. The molecule has 4 nitrogen and oxygen atoms in total. The van der Waals surface area contributed by atoms with Gasteiger partial charge < -0.3 is 10.6 Å². The Morgan fingerprint density at radius 3 is 2.74 bits per heavy atom. The standard InChI is InChI=1S/C18H22N2O2S/c1-13(2)14-5-3-6-16(11-14)20-17(21)7-4-9-19-18(22)15-8-10-23-12-15/h3,5-6,8,10-13H,4,7,9H2,1-2H3,(H,19,22)(H,20,21).